The van der Waals surface area contributed by atoms with Crippen molar-refractivity contribution in [3.8, 4) is 0 Å². The van der Waals surface area contributed by atoms with Gasteiger partial charge < -0.3 is 19.8 Å². The Hall–Kier alpha value is -1.82. The molecule has 2 N–H and O–H groups in total. The van der Waals surface area contributed by atoms with Gasteiger partial charge in [0.15, 0.2) is 5.82 Å². The molecule has 0 aromatic carbocycles. The van der Waals surface area contributed by atoms with E-state index in [-0.39, 0.29) is 31.4 Å². The number of alkyl halides is 5. The smallest absolute Gasteiger partial charge is 0.389 e. The van der Waals surface area contributed by atoms with Gasteiger partial charge in [-0.3, -0.25) is 4.79 Å². The lowest BCUT2D eigenvalue weighted by Gasteiger charge is -2.42. The summed E-state index contributed by atoms with van der Waals surface area (Å²) in [4.78, 5) is 18.0. The zero-order chi connectivity index (χ0) is 22.7. The van der Waals surface area contributed by atoms with E-state index >= 15 is 0 Å². The van der Waals surface area contributed by atoms with Crippen LogP contribution in [0.5, 0.6) is 0 Å². The number of likely N-dealkylation sites (tertiary alicyclic amines) is 1. The van der Waals surface area contributed by atoms with Gasteiger partial charge in [-0.15, -0.1) is 0 Å². The van der Waals surface area contributed by atoms with E-state index in [2.05, 4.69) is 15.5 Å². The molecule has 2 atom stereocenters. The highest BCUT2D eigenvalue weighted by Crippen LogP contribution is 2.50. The molecule has 1 aliphatic carbocycles. The van der Waals surface area contributed by atoms with Crippen molar-refractivity contribution in [1.82, 2.24) is 20.4 Å². The molecule has 3 heterocycles. The van der Waals surface area contributed by atoms with Crippen molar-refractivity contribution in [2.75, 3.05) is 19.6 Å². The van der Waals surface area contributed by atoms with Crippen LogP contribution in [0.1, 0.15) is 63.1 Å². The summed E-state index contributed by atoms with van der Waals surface area (Å²) in [6.45, 7) is 1.61. The number of aliphatic hydroxyl groups is 1. The third-order valence-corrected chi connectivity index (χ3v) is 6.78. The van der Waals surface area contributed by atoms with Crippen molar-refractivity contribution in [2.45, 2.75) is 80.5 Å². The monoisotopic (exact) mass is 452 g/mol. The molecule has 174 valence electrons. The van der Waals surface area contributed by atoms with Crippen LogP contribution in [0.4, 0.5) is 22.0 Å². The van der Waals surface area contributed by atoms with Crippen LogP contribution < -0.4 is 5.32 Å². The van der Waals surface area contributed by atoms with Gasteiger partial charge in [0.05, 0.1) is 11.6 Å². The Balaban J connectivity index is 1.45. The number of piperidine rings is 2. The maximum atomic E-state index is 14.1. The zero-order valence-electron chi connectivity index (χ0n) is 17.0. The van der Waals surface area contributed by atoms with Crippen molar-refractivity contribution in [1.29, 1.82) is 0 Å². The molecule has 12 heteroatoms. The molecule has 0 spiro atoms. The number of carbonyl (C=O) groups excluding carboxylic acids is 1. The summed E-state index contributed by atoms with van der Waals surface area (Å²) < 4.78 is 73.4. The number of β-amino-alcohol motifs (C(OH)–C–C–N with tert-alkyl or cyclic N) is 1. The van der Waals surface area contributed by atoms with Gasteiger partial charge in [0, 0.05) is 38.4 Å². The van der Waals surface area contributed by atoms with Crippen LogP contribution in [0.15, 0.2) is 4.52 Å². The lowest BCUT2D eigenvalue weighted by molar-refractivity contribution is -0.206. The number of halogens is 5. The van der Waals surface area contributed by atoms with E-state index < -0.39 is 66.6 Å². The molecule has 7 nitrogen and oxygen atoms in total. The lowest BCUT2D eigenvalue weighted by atomic mass is 9.76. The summed E-state index contributed by atoms with van der Waals surface area (Å²) in [6.07, 6.45) is -5.78. The Morgan fingerprint density at radius 3 is 2.39 bits per heavy atom. The average molecular weight is 452 g/mol. The maximum Gasteiger partial charge on any atom is 0.401 e. The molecule has 0 radical (unpaired) electrons. The van der Waals surface area contributed by atoms with E-state index in [4.69, 9.17) is 4.52 Å². The second-order valence-corrected chi connectivity index (χ2v) is 9.29. The topological polar surface area (TPSA) is 91.5 Å². The first kappa shape index (κ1) is 22.4. The van der Waals surface area contributed by atoms with Gasteiger partial charge >= 0.3 is 6.18 Å². The van der Waals surface area contributed by atoms with Crippen LogP contribution >= 0.6 is 0 Å². The van der Waals surface area contributed by atoms with E-state index in [0.29, 0.717) is 12.8 Å². The van der Waals surface area contributed by atoms with Crippen LogP contribution in [0.25, 0.3) is 0 Å². The Kier molecular flexibility index (Phi) is 5.31. The average Bonchev–Trinajstić information content (AvgIpc) is 3.15. The number of nitrogens with one attached hydrogen (secondary N) is 1. The molecule has 1 saturated carbocycles. The number of nitrogens with zero attached hydrogens (tertiary/aromatic N) is 3. The third-order valence-electron chi connectivity index (χ3n) is 6.78. The van der Waals surface area contributed by atoms with Gasteiger partial charge in [-0.25, -0.2) is 8.78 Å². The highest BCUT2D eigenvalue weighted by Gasteiger charge is 2.60. The maximum absolute atomic E-state index is 14.1. The Labute approximate surface area is 175 Å². The molecule has 1 aromatic heterocycles. The zero-order valence-corrected chi connectivity index (χ0v) is 17.0. The fourth-order valence-electron chi connectivity index (χ4n) is 4.59. The number of aromatic nitrogens is 2. The highest BCUT2D eigenvalue weighted by molar-refractivity contribution is 5.82. The molecule has 31 heavy (non-hydrogen) atoms. The molecule has 3 fully saturated rings. The molecule has 1 amide bonds. The van der Waals surface area contributed by atoms with Gasteiger partial charge in [0.25, 0.3) is 0 Å². The largest absolute Gasteiger partial charge is 0.401 e. The normalized spacial score (nSPS) is 31.3. The van der Waals surface area contributed by atoms with Crippen LogP contribution in [0.3, 0.4) is 0 Å². The van der Waals surface area contributed by atoms with Gasteiger partial charge in [-0.2, -0.15) is 18.2 Å². The summed E-state index contributed by atoms with van der Waals surface area (Å²) in [7, 11) is 0. The second-order valence-electron chi connectivity index (χ2n) is 9.29. The predicted octanol–water partition coefficient (Wildman–Crippen LogP) is 2.51. The van der Waals surface area contributed by atoms with Gasteiger partial charge in [-0.05, 0) is 32.6 Å². The van der Waals surface area contributed by atoms with Crippen molar-refractivity contribution >= 4 is 5.91 Å². The molecule has 0 bridgehead atoms. The molecule has 4 rings (SSSR count). The summed E-state index contributed by atoms with van der Waals surface area (Å²) >= 11 is 0. The summed E-state index contributed by atoms with van der Waals surface area (Å²) in [5, 5.41) is 16.5. The van der Waals surface area contributed by atoms with Crippen molar-refractivity contribution in [3.05, 3.63) is 11.7 Å². The van der Waals surface area contributed by atoms with Crippen LogP contribution in [0, 0.1) is 0 Å². The van der Waals surface area contributed by atoms with Crippen LogP contribution in [-0.2, 0) is 10.2 Å². The number of amides is 1. The summed E-state index contributed by atoms with van der Waals surface area (Å²) in [5.41, 5.74) is -3.30. The van der Waals surface area contributed by atoms with Crippen LogP contribution in [-0.4, -0.2) is 69.4 Å². The Bertz CT molecular complexity index is 815. The molecule has 1 unspecified atom stereocenters. The minimum atomic E-state index is -4.69. The molecule has 1 aromatic rings. The fraction of sp³-hybridized carbons (Fsp3) is 0.842. The first-order valence-corrected chi connectivity index (χ1v) is 10.4. The number of hydrogen-bond donors (Lipinski definition) is 2. The fourth-order valence-corrected chi connectivity index (χ4v) is 4.59. The van der Waals surface area contributed by atoms with E-state index in [1.54, 1.807) is 6.92 Å². The third kappa shape index (κ3) is 4.15. The summed E-state index contributed by atoms with van der Waals surface area (Å²) in [5.74, 6) is -4.63. The summed E-state index contributed by atoms with van der Waals surface area (Å²) in [6, 6.07) is -0.546. The number of rotatable bonds is 3. The number of carbonyl (C=O) groups is 1. The molecular formula is C19H25F5N4O3. The van der Waals surface area contributed by atoms with E-state index in [0.717, 1.165) is 0 Å². The lowest BCUT2D eigenvalue weighted by Crippen LogP contribution is -2.58. The molecule has 2 aliphatic heterocycles. The minimum absolute atomic E-state index is 0.141. The van der Waals surface area contributed by atoms with Crippen molar-refractivity contribution in [3.63, 3.8) is 0 Å². The SMILES string of the molecule is CC1(O)CC[C@@H](C(=O)N2CCC(c3noc(C4CC(F)(F)C4)n3)(C(F)(F)F)CC2)NC1. The predicted molar refractivity (Wildman–Crippen MR) is 96.4 cm³/mol. The van der Waals surface area contributed by atoms with E-state index in [1.165, 1.54) is 4.90 Å². The van der Waals surface area contributed by atoms with Gasteiger partial charge in [-0.1, -0.05) is 5.16 Å². The molecular weight excluding hydrogens is 427 g/mol. The van der Waals surface area contributed by atoms with E-state index in [1.807, 2.05) is 0 Å². The first-order chi connectivity index (χ1) is 14.3. The minimum Gasteiger partial charge on any atom is -0.389 e. The molecule has 3 aliphatic rings. The highest BCUT2D eigenvalue weighted by atomic mass is 19.4. The Morgan fingerprint density at radius 1 is 1.23 bits per heavy atom. The first-order valence-electron chi connectivity index (χ1n) is 10.4. The quantitative estimate of drug-likeness (QED) is 0.685. The van der Waals surface area contributed by atoms with Gasteiger partial charge in [0.1, 0.15) is 5.41 Å². The number of hydrogen-bond acceptors (Lipinski definition) is 6. The van der Waals surface area contributed by atoms with Crippen molar-refractivity contribution in [2.24, 2.45) is 0 Å². The van der Waals surface area contributed by atoms with Crippen LogP contribution in [0.2, 0.25) is 0 Å². The van der Waals surface area contributed by atoms with Gasteiger partial charge in [0.2, 0.25) is 17.7 Å². The van der Waals surface area contributed by atoms with Crippen molar-refractivity contribution < 1.29 is 36.4 Å². The standard InChI is InChI=1S/C19H25F5N4O3/c1-16(30)3-2-12(25-10-16)14(29)28-6-4-17(5-7-28,19(22,23)24)15-26-13(31-27-15)11-8-18(20,21)9-11/h11-12,25,30H,2-10H2,1H3/t12-,16?/m0/s1. The second kappa shape index (κ2) is 7.36. The molecule has 2 saturated heterocycles. The Morgan fingerprint density at radius 2 is 1.87 bits per heavy atom. The van der Waals surface area contributed by atoms with E-state index in [9.17, 15) is 31.9 Å².